The maximum Gasteiger partial charge on any atom is 0.141 e. The number of nitrogens with zero attached hydrogens (tertiary/aromatic N) is 3. The van der Waals surface area contributed by atoms with Crippen LogP contribution >= 0.6 is 23.2 Å². The summed E-state index contributed by atoms with van der Waals surface area (Å²) in [7, 11) is 4.07. The molecule has 4 aromatic rings. The summed E-state index contributed by atoms with van der Waals surface area (Å²) in [5.74, 6) is 0.938. The molecule has 0 aliphatic rings. The highest BCUT2D eigenvalue weighted by atomic mass is 35.5. The van der Waals surface area contributed by atoms with Gasteiger partial charge in [-0.05, 0) is 54.1 Å². The van der Waals surface area contributed by atoms with Crippen molar-refractivity contribution in [2.75, 3.05) is 19.0 Å². The van der Waals surface area contributed by atoms with E-state index in [1.54, 1.807) is 0 Å². The van der Waals surface area contributed by atoms with E-state index in [9.17, 15) is 0 Å². The number of rotatable bonds is 4. The molecule has 5 heteroatoms. The van der Waals surface area contributed by atoms with Crippen LogP contribution in [0.5, 0.6) is 0 Å². The summed E-state index contributed by atoms with van der Waals surface area (Å²) < 4.78 is 2.22. The average molecular weight is 396 g/mol. The number of anilines is 1. The van der Waals surface area contributed by atoms with Crippen LogP contribution < -0.4 is 4.90 Å². The minimum atomic E-state index is 0.565. The smallest absolute Gasteiger partial charge is 0.141 e. The Hall–Kier alpha value is -2.49. The fourth-order valence-corrected chi connectivity index (χ4v) is 3.51. The second-order valence-electron chi connectivity index (χ2n) is 6.70. The molecule has 0 bridgehead atoms. The van der Waals surface area contributed by atoms with E-state index in [0.717, 1.165) is 33.7 Å². The van der Waals surface area contributed by atoms with Crippen LogP contribution in [0.3, 0.4) is 0 Å². The van der Waals surface area contributed by atoms with Gasteiger partial charge >= 0.3 is 0 Å². The fourth-order valence-electron chi connectivity index (χ4n) is 3.19. The van der Waals surface area contributed by atoms with Gasteiger partial charge in [-0.2, -0.15) is 0 Å². The molecular weight excluding hydrogens is 377 g/mol. The third-order valence-electron chi connectivity index (χ3n) is 4.62. The number of aromatic nitrogens is 2. The molecule has 4 rings (SSSR count). The Morgan fingerprint density at radius 1 is 0.889 bits per heavy atom. The van der Waals surface area contributed by atoms with Crippen molar-refractivity contribution >= 4 is 39.9 Å². The normalized spacial score (nSPS) is 11.1. The lowest BCUT2D eigenvalue weighted by Crippen LogP contribution is -2.08. The number of fused-ring (bicyclic) bond motifs is 1. The highest BCUT2D eigenvalue weighted by molar-refractivity contribution is 6.42. The first kappa shape index (κ1) is 17.9. The van der Waals surface area contributed by atoms with Gasteiger partial charge < -0.3 is 9.47 Å². The first-order chi connectivity index (χ1) is 13.0. The Bertz CT molecular complexity index is 1100. The van der Waals surface area contributed by atoms with Crippen molar-refractivity contribution in [1.82, 2.24) is 9.55 Å². The molecule has 0 radical (unpaired) electrons. The standard InChI is InChI=1S/C22H19Cl2N3/c1-26(2)17-10-8-16(9-11-17)22-25-20-5-3-4-6-21(20)27(22)14-15-7-12-18(23)19(24)13-15/h3-13H,14H2,1-2H3. The van der Waals surface area contributed by atoms with Crippen molar-refractivity contribution in [2.24, 2.45) is 0 Å². The summed E-state index contributed by atoms with van der Waals surface area (Å²) in [6, 6.07) is 22.4. The topological polar surface area (TPSA) is 21.1 Å². The maximum absolute atomic E-state index is 6.21. The summed E-state index contributed by atoms with van der Waals surface area (Å²) in [5, 5.41) is 1.13. The first-order valence-corrected chi connectivity index (χ1v) is 9.45. The van der Waals surface area contributed by atoms with E-state index in [2.05, 4.69) is 39.8 Å². The summed E-state index contributed by atoms with van der Waals surface area (Å²) in [6.45, 7) is 0.669. The molecule has 0 spiro atoms. The van der Waals surface area contributed by atoms with E-state index in [1.807, 2.05) is 50.5 Å². The lowest BCUT2D eigenvalue weighted by molar-refractivity contribution is 0.834. The first-order valence-electron chi connectivity index (χ1n) is 8.70. The molecular formula is C22H19Cl2N3. The molecule has 0 atom stereocenters. The van der Waals surface area contributed by atoms with Crippen molar-refractivity contribution in [1.29, 1.82) is 0 Å². The minimum absolute atomic E-state index is 0.565. The van der Waals surface area contributed by atoms with Crippen molar-refractivity contribution in [3.05, 3.63) is 82.3 Å². The number of halogens is 2. The third kappa shape index (κ3) is 3.53. The van der Waals surface area contributed by atoms with E-state index < -0.39 is 0 Å². The molecule has 3 aromatic carbocycles. The highest BCUT2D eigenvalue weighted by Gasteiger charge is 2.13. The molecule has 0 fully saturated rings. The number of hydrogen-bond acceptors (Lipinski definition) is 2. The van der Waals surface area contributed by atoms with Crippen LogP contribution in [0.25, 0.3) is 22.4 Å². The average Bonchev–Trinajstić information content (AvgIpc) is 3.03. The molecule has 136 valence electrons. The zero-order valence-corrected chi connectivity index (χ0v) is 16.7. The van der Waals surface area contributed by atoms with Crippen LogP contribution in [0.4, 0.5) is 5.69 Å². The van der Waals surface area contributed by atoms with Crippen LogP contribution in [0, 0.1) is 0 Å². The van der Waals surface area contributed by atoms with Gasteiger partial charge in [0.15, 0.2) is 0 Å². The van der Waals surface area contributed by atoms with Crippen LogP contribution in [0.15, 0.2) is 66.7 Å². The Morgan fingerprint density at radius 3 is 2.33 bits per heavy atom. The second kappa shape index (κ2) is 7.26. The number of imidazole rings is 1. The zero-order valence-electron chi connectivity index (χ0n) is 15.2. The van der Waals surface area contributed by atoms with Gasteiger partial charge in [0.25, 0.3) is 0 Å². The van der Waals surface area contributed by atoms with E-state index in [4.69, 9.17) is 28.2 Å². The largest absolute Gasteiger partial charge is 0.378 e. The lowest BCUT2D eigenvalue weighted by atomic mass is 10.1. The quantitative estimate of drug-likeness (QED) is 0.414. The fraction of sp³-hybridized carbons (Fsp3) is 0.136. The van der Waals surface area contributed by atoms with Gasteiger partial charge in [0.05, 0.1) is 21.1 Å². The predicted molar refractivity (Wildman–Crippen MR) is 115 cm³/mol. The molecule has 0 saturated carbocycles. The van der Waals surface area contributed by atoms with Gasteiger partial charge in [0.2, 0.25) is 0 Å². The van der Waals surface area contributed by atoms with Crippen LogP contribution in [0.1, 0.15) is 5.56 Å². The number of benzene rings is 3. The number of para-hydroxylation sites is 2. The minimum Gasteiger partial charge on any atom is -0.378 e. The van der Waals surface area contributed by atoms with E-state index in [0.29, 0.717) is 16.6 Å². The van der Waals surface area contributed by atoms with Crippen LogP contribution in [-0.4, -0.2) is 23.6 Å². The second-order valence-corrected chi connectivity index (χ2v) is 7.51. The Balaban J connectivity index is 1.82. The predicted octanol–water partition coefficient (Wildman–Crippen LogP) is 6.12. The van der Waals surface area contributed by atoms with Gasteiger partial charge in [0.1, 0.15) is 5.82 Å². The van der Waals surface area contributed by atoms with Crippen molar-refractivity contribution in [3.8, 4) is 11.4 Å². The van der Waals surface area contributed by atoms with E-state index in [-0.39, 0.29) is 0 Å². The Morgan fingerprint density at radius 2 is 1.63 bits per heavy atom. The van der Waals surface area contributed by atoms with Crippen LogP contribution in [0.2, 0.25) is 10.0 Å². The monoisotopic (exact) mass is 395 g/mol. The van der Waals surface area contributed by atoms with Crippen LogP contribution in [-0.2, 0) is 6.54 Å². The summed E-state index contributed by atoms with van der Waals surface area (Å²) in [4.78, 5) is 6.97. The molecule has 0 aliphatic carbocycles. The SMILES string of the molecule is CN(C)c1ccc(-c2nc3ccccc3n2Cc2ccc(Cl)c(Cl)c2)cc1. The Labute approximate surface area is 168 Å². The molecule has 0 aliphatic heterocycles. The third-order valence-corrected chi connectivity index (χ3v) is 5.36. The molecule has 3 nitrogen and oxygen atoms in total. The summed E-state index contributed by atoms with van der Waals surface area (Å²) in [5.41, 5.74) is 5.39. The van der Waals surface area contributed by atoms with Gasteiger partial charge in [-0.1, -0.05) is 41.4 Å². The lowest BCUT2D eigenvalue weighted by Gasteiger charge is -2.14. The Kier molecular flexibility index (Phi) is 4.81. The summed E-state index contributed by atoms with van der Waals surface area (Å²) in [6.07, 6.45) is 0. The van der Waals surface area contributed by atoms with Gasteiger partial charge in [-0.25, -0.2) is 4.98 Å². The van der Waals surface area contributed by atoms with Gasteiger partial charge in [0, 0.05) is 31.9 Å². The molecule has 0 unspecified atom stereocenters. The van der Waals surface area contributed by atoms with Crippen molar-refractivity contribution in [2.45, 2.75) is 6.54 Å². The van der Waals surface area contributed by atoms with E-state index >= 15 is 0 Å². The highest BCUT2D eigenvalue weighted by Crippen LogP contribution is 2.29. The maximum atomic E-state index is 6.21. The molecule has 27 heavy (non-hydrogen) atoms. The van der Waals surface area contributed by atoms with Gasteiger partial charge in [-0.3, -0.25) is 0 Å². The van der Waals surface area contributed by atoms with Gasteiger partial charge in [-0.15, -0.1) is 0 Å². The molecule has 0 N–H and O–H groups in total. The molecule has 0 amide bonds. The van der Waals surface area contributed by atoms with Crippen molar-refractivity contribution < 1.29 is 0 Å². The number of hydrogen-bond donors (Lipinski definition) is 0. The molecule has 1 heterocycles. The zero-order chi connectivity index (χ0) is 19.0. The molecule has 0 saturated heterocycles. The van der Waals surface area contributed by atoms with Crippen molar-refractivity contribution in [3.63, 3.8) is 0 Å². The summed E-state index contributed by atoms with van der Waals surface area (Å²) >= 11 is 12.3. The molecule has 1 aromatic heterocycles. The van der Waals surface area contributed by atoms with E-state index in [1.165, 1.54) is 0 Å².